The van der Waals surface area contributed by atoms with Gasteiger partial charge in [0, 0.05) is 18.3 Å². The van der Waals surface area contributed by atoms with Gasteiger partial charge in [0.2, 0.25) is 5.95 Å². The number of rotatable bonds is 4. The zero-order chi connectivity index (χ0) is 15.5. The zero-order valence-electron chi connectivity index (χ0n) is 13.0. The van der Waals surface area contributed by atoms with Crippen LogP contribution in [0.1, 0.15) is 18.3 Å². The number of anilines is 1. The number of benzene rings is 1. The lowest BCUT2D eigenvalue weighted by molar-refractivity contribution is 0.834. The summed E-state index contributed by atoms with van der Waals surface area (Å²) in [4.78, 5) is 8.82. The first-order valence-electron chi connectivity index (χ1n) is 7.39. The Bertz CT molecular complexity index is 777. The fourth-order valence-electron chi connectivity index (χ4n) is 2.58. The third kappa shape index (κ3) is 2.57. The van der Waals surface area contributed by atoms with E-state index in [1.165, 1.54) is 0 Å². The van der Waals surface area contributed by atoms with Gasteiger partial charge in [0.05, 0.1) is 22.8 Å². The van der Waals surface area contributed by atoms with E-state index in [0.29, 0.717) is 5.95 Å². The van der Waals surface area contributed by atoms with Crippen molar-refractivity contribution in [2.45, 2.75) is 20.8 Å². The van der Waals surface area contributed by atoms with Crippen molar-refractivity contribution in [3.8, 4) is 16.9 Å². The maximum absolute atomic E-state index is 4.67. The van der Waals surface area contributed by atoms with Crippen molar-refractivity contribution in [2.75, 3.05) is 11.9 Å². The van der Waals surface area contributed by atoms with Crippen LogP contribution in [0, 0.1) is 13.8 Å². The van der Waals surface area contributed by atoms with Gasteiger partial charge < -0.3 is 5.32 Å². The van der Waals surface area contributed by atoms with Gasteiger partial charge in [0.25, 0.3) is 0 Å². The lowest BCUT2D eigenvalue weighted by Gasteiger charge is -2.06. The number of aromatic nitrogens is 4. The summed E-state index contributed by atoms with van der Waals surface area (Å²) in [6.07, 6.45) is 1.78. The summed E-state index contributed by atoms with van der Waals surface area (Å²) < 4.78 is 1.96. The van der Waals surface area contributed by atoms with E-state index in [4.69, 9.17) is 0 Å². The van der Waals surface area contributed by atoms with Crippen LogP contribution in [-0.4, -0.2) is 26.3 Å². The predicted octanol–water partition coefficient (Wildman–Crippen LogP) is 3.38. The summed E-state index contributed by atoms with van der Waals surface area (Å²) in [5.74, 6) is 0.645. The molecule has 2 heterocycles. The number of para-hydroxylation sites is 1. The Morgan fingerprint density at radius 3 is 2.59 bits per heavy atom. The number of aryl methyl sites for hydroxylation is 1. The second kappa shape index (κ2) is 5.97. The Kier molecular flexibility index (Phi) is 3.87. The van der Waals surface area contributed by atoms with Crippen molar-refractivity contribution >= 4 is 5.95 Å². The van der Waals surface area contributed by atoms with Gasteiger partial charge >= 0.3 is 0 Å². The van der Waals surface area contributed by atoms with Crippen LogP contribution in [0.3, 0.4) is 0 Å². The second-order valence-corrected chi connectivity index (χ2v) is 5.09. The highest BCUT2D eigenvalue weighted by Crippen LogP contribution is 2.27. The van der Waals surface area contributed by atoms with Crippen molar-refractivity contribution in [3.05, 3.63) is 54.0 Å². The van der Waals surface area contributed by atoms with Crippen molar-refractivity contribution in [2.24, 2.45) is 0 Å². The summed E-state index contributed by atoms with van der Waals surface area (Å²) >= 11 is 0. The number of nitrogens with one attached hydrogen (secondary N) is 1. The maximum Gasteiger partial charge on any atom is 0.223 e. The van der Waals surface area contributed by atoms with Gasteiger partial charge in [-0.3, -0.25) is 0 Å². The van der Waals surface area contributed by atoms with Gasteiger partial charge in [0.15, 0.2) is 0 Å². The van der Waals surface area contributed by atoms with Crippen molar-refractivity contribution in [1.29, 1.82) is 0 Å². The van der Waals surface area contributed by atoms with E-state index in [-0.39, 0.29) is 0 Å². The Labute approximate surface area is 130 Å². The van der Waals surface area contributed by atoms with Crippen LogP contribution in [0.15, 0.2) is 42.6 Å². The van der Waals surface area contributed by atoms with Crippen molar-refractivity contribution in [1.82, 2.24) is 19.7 Å². The molecular formula is C17H19N5. The van der Waals surface area contributed by atoms with E-state index in [9.17, 15) is 0 Å². The fraction of sp³-hybridized carbons (Fsp3) is 0.235. The molecule has 0 saturated carbocycles. The van der Waals surface area contributed by atoms with Crippen LogP contribution in [0.5, 0.6) is 0 Å². The summed E-state index contributed by atoms with van der Waals surface area (Å²) in [6.45, 7) is 6.90. The van der Waals surface area contributed by atoms with E-state index in [0.717, 1.165) is 34.9 Å². The molecule has 0 fully saturated rings. The smallest absolute Gasteiger partial charge is 0.223 e. The van der Waals surface area contributed by atoms with Crippen LogP contribution in [0.4, 0.5) is 5.95 Å². The van der Waals surface area contributed by atoms with Crippen molar-refractivity contribution in [3.63, 3.8) is 0 Å². The zero-order valence-corrected chi connectivity index (χ0v) is 13.0. The molecule has 1 N–H and O–H groups in total. The molecular weight excluding hydrogens is 274 g/mol. The molecule has 3 rings (SSSR count). The minimum Gasteiger partial charge on any atom is -0.354 e. The quantitative estimate of drug-likeness (QED) is 0.801. The molecule has 0 bridgehead atoms. The molecule has 5 heteroatoms. The Morgan fingerprint density at radius 1 is 1.09 bits per heavy atom. The predicted molar refractivity (Wildman–Crippen MR) is 88.2 cm³/mol. The SMILES string of the molecule is CCNc1nccc(-c2c(C)nn(-c3ccccc3)c2C)n1. The topological polar surface area (TPSA) is 55.6 Å². The molecule has 0 aliphatic rings. The average molecular weight is 293 g/mol. The molecule has 0 radical (unpaired) electrons. The highest BCUT2D eigenvalue weighted by molar-refractivity contribution is 5.66. The van der Waals surface area contributed by atoms with E-state index in [1.807, 2.05) is 54.9 Å². The number of hydrogen-bond acceptors (Lipinski definition) is 4. The largest absolute Gasteiger partial charge is 0.354 e. The molecule has 2 aromatic heterocycles. The molecule has 0 atom stereocenters. The maximum atomic E-state index is 4.67. The summed E-state index contributed by atoms with van der Waals surface area (Å²) in [5, 5.41) is 7.81. The highest BCUT2D eigenvalue weighted by atomic mass is 15.3. The fourth-order valence-corrected chi connectivity index (χ4v) is 2.58. The molecule has 0 spiro atoms. The lowest BCUT2D eigenvalue weighted by atomic mass is 10.1. The van der Waals surface area contributed by atoms with E-state index in [1.54, 1.807) is 6.20 Å². The van der Waals surface area contributed by atoms with Gasteiger partial charge in [-0.05, 0) is 39.0 Å². The summed E-state index contributed by atoms with van der Waals surface area (Å²) in [7, 11) is 0. The first kappa shape index (κ1) is 14.3. The number of hydrogen-bond donors (Lipinski definition) is 1. The molecule has 1 aromatic carbocycles. The van der Waals surface area contributed by atoms with Gasteiger partial charge in [-0.15, -0.1) is 0 Å². The molecule has 5 nitrogen and oxygen atoms in total. The first-order chi connectivity index (χ1) is 10.7. The third-order valence-corrected chi connectivity index (χ3v) is 3.54. The van der Waals surface area contributed by atoms with Crippen LogP contribution >= 0.6 is 0 Å². The molecule has 0 amide bonds. The van der Waals surface area contributed by atoms with Gasteiger partial charge in [0.1, 0.15) is 0 Å². The molecule has 0 saturated heterocycles. The van der Waals surface area contributed by atoms with E-state index in [2.05, 4.69) is 27.3 Å². The Balaban J connectivity index is 2.09. The monoisotopic (exact) mass is 293 g/mol. The van der Waals surface area contributed by atoms with Gasteiger partial charge in [-0.2, -0.15) is 5.10 Å². The minimum absolute atomic E-state index is 0.645. The van der Waals surface area contributed by atoms with E-state index >= 15 is 0 Å². The van der Waals surface area contributed by atoms with Gasteiger partial charge in [-0.1, -0.05) is 18.2 Å². The highest BCUT2D eigenvalue weighted by Gasteiger charge is 2.16. The molecule has 112 valence electrons. The normalized spacial score (nSPS) is 10.7. The first-order valence-corrected chi connectivity index (χ1v) is 7.39. The minimum atomic E-state index is 0.645. The standard InChI is InChI=1S/C17H19N5/c1-4-18-17-19-11-10-15(20-17)16-12(2)21-22(13(16)3)14-8-6-5-7-9-14/h5-11H,4H2,1-3H3,(H,18,19,20). The average Bonchev–Trinajstić information content (AvgIpc) is 2.84. The Hall–Kier alpha value is -2.69. The molecule has 0 unspecified atom stereocenters. The van der Waals surface area contributed by atoms with Crippen LogP contribution in [-0.2, 0) is 0 Å². The third-order valence-electron chi connectivity index (χ3n) is 3.54. The van der Waals surface area contributed by atoms with Crippen LogP contribution in [0.2, 0.25) is 0 Å². The second-order valence-electron chi connectivity index (χ2n) is 5.09. The van der Waals surface area contributed by atoms with Crippen LogP contribution < -0.4 is 5.32 Å². The van der Waals surface area contributed by atoms with Crippen molar-refractivity contribution < 1.29 is 0 Å². The Morgan fingerprint density at radius 2 is 1.86 bits per heavy atom. The molecule has 3 aromatic rings. The summed E-state index contributed by atoms with van der Waals surface area (Å²) in [6, 6.07) is 12.1. The van der Waals surface area contributed by atoms with Crippen LogP contribution in [0.25, 0.3) is 16.9 Å². The molecule has 22 heavy (non-hydrogen) atoms. The molecule has 0 aliphatic carbocycles. The molecule has 0 aliphatic heterocycles. The van der Waals surface area contributed by atoms with E-state index < -0.39 is 0 Å². The number of nitrogens with zero attached hydrogens (tertiary/aromatic N) is 4. The summed E-state index contributed by atoms with van der Waals surface area (Å²) in [5.41, 5.74) is 5.04. The lowest BCUT2D eigenvalue weighted by Crippen LogP contribution is -2.02. The van der Waals surface area contributed by atoms with Gasteiger partial charge in [-0.25, -0.2) is 14.6 Å².